The number of rotatable bonds is 4. The molecule has 1 aromatic carbocycles. The van der Waals surface area contributed by atoms with Crippen molar-refractivity contribution in [2.45, 2.75) is 19.8 Å². The number of benzene rings is 1. The molecule has 4 nitrogen and oxygen atoms in total. The van der Waals surface area contributed by atoms with Crippen LogP contribution >= 0.6 is 11.6 Å². The molecular formula is C15H22ClN3O. The third-order valence-electron chi connectivity index (χ3n) is 3.72. The van der Waals surface area contributed by atoms with Gasteiger partial charge in [-0.15, -0.1) is 0 Å². The van der Waals surface area contributed by atoms with Gasteiger partial charge in [0.2, 0.25) is 0 Å². The molecule has 2 N–H and O–H groups in total. The van der Waals surface area contributed by atoms with E-state index >= 15 is 0 Å². The molecular weight excluding hydrogens is 274 g/mol. The Hall–Kier alpha value is -1.26. The molecule has 2 amide bonds. The standard InChI is InChI=1S/C15H22ClN3O/c1-2-19(11-12-7-9-17-10-8-12)15(20)18-14-6-4-3-5-13(14)16/h3-6,12,17H,2,7-11H2,1H3,(H,18,20). The summed E-state index contributed by atoms with van der Waals surface area (Å²) in [5.41, 5.74) is 0.669. The zero-order chi connectivity index (χ0) is 14.4. The normalized spacial score (nSPS) is 15.9. The van der Waals surface area contributed by atoms with Crippen LogP contribution in [-0.2, 0) is 0 Å². The summed E-state index contributed by atoms with van der Waals surface area (Å²) in [7, 11) is 0. The van der Waals surface area contributed by atoms with Crippen molar-refractivity contribution in [1.82, 2.24) is 10.2 Å². The first-order valence-electron chi connectivity index (χ1n) is 7.22. The number of piperidine rings is 1. The predicted octanol–water partition coefficient (Wildman–Crippen LogP) is 3.19. The van der Waals surface area contributed by atoms with Crippen LogP contribution in [0, 0.1) is 5.92 Å². The number of anilines is 1. The minimum atomic E-state index is -0.0702. The molecule has 0 radical (unpaired) electrons. The van der Waals surface area contributed by atoms with Crippen molar-refractivity contribution in [1.29, 1.82) is 0 Å². The SMILES string of the molecule is CCN(CC1CCNCC1)C(=O)Nc1ccccc1Cl. The number of para-hydroxylation sites is 1. The summed E-state index contributed by atoms with van der Waals surface area (Å²) in [6.45, 7) is 5.63. The van der Waals surface area contributed by atoms with Crippen molar-refractivity contribution in [2.24, 2.45) is 5.92 Å². The topological polar surface area (TPSA) is 44.4 Å². The van der Waals surface area contributed by atoms with Gasteiger partial charge in [-0.25, -0.2) is 4.79 Å². The Morgan fingerprint density at radius 1 is 1.40 bits per heavy atom. The molecule has 0 unspecified atom stereocenters. The van der Waals surface area contributed by atoms with Crippen LogP contribution in [0.5, 0.6) is 0 Å². The number of amides is 2. The number of urea groups is 1. The number of nitrogens with one attached hydrogen (secondary N) is 2. The molecule has 110 valence electrons. The summed E-state index contributed by atoms with van der Waals surface area (Å²) in [4.78, 5) is 14.2. The van der Waals surface area contributed by atoms with Crippen molar-refractivity contribution in [3.63, 3.8) is 0 Å². The first-order chi connectivity index (χ1) is 9.70. The van der Waals surface area contributed by atoms with E-state index in [-0.39, 0.29) is 6.03 Å². The Kier molecular flexibility index (Phi) is 5.68. The van der Waals surface area contributed by atoms with Crippen LogP contribution in [0.15, 0.2) is 24.3 Å². The van der Waals surface area contributed by atoms with Crippen LogP contribution in [0.2, 0.25) is 5.02 Å². The van der Waals surface area contributed by atoms with E-state index < -0.39 is 0 Å². The Morgan fingerprint density at radius 3 is 2.75 bits per heavy atom. The maximum Gasteiger partial charge on any atom is 0.321 e. The van der Waals surface area contributed by atoms with Gasteiger partial charge in [0.15, 0.2) is 0 Å². The molecule has 0 bridgehead atoms. The van der Waals surface area contributed by atoms with Gasteiger partial charge in [-0.05, 0) is 50.9 Å². The van der Waals surface area contributed by atoms with Crippen LogP contribution in [-0.4, -0.2) is 37.1 Å². The van der Waals surface area contributed by atoms with Gasteiger partial charge in [0, 0.05) is 13.1 Å². The first kappa shape index (κ1) is 15.1. The average molecular weight is 296 g/mol. The Labute approximate surface area is 125 Å². The van der Waals surface area contributed by atoms with Crippen LogP contribution in [0.3, 0.4) is 0 Å². The minimum Gasteiger partial charge on any atom is -0.325 e. The molecule has 1 saturated heterocycles. The van der Waals surface area contributed by atoms with Crippen LogP contribution in [0.1, 0.15) is 19.8 Å². The third-order valence-corrected chi connectivity index (χ3v) is 4.05. The fourth-order valence-corrected chi connectivity index (χ4v) is 2.67. The Bertz CT molecular complexity index is 446. The minimum absolute atomic E-state index is 0.0702. The number of halogens is 1. The van der Waals surface area contributed by atoms with Crippen molar-refractivity contribution in [3.05, 3.63) is 29.3 Å². The molecule has 1 fully saturated rings. The van der Waals surface area contributed by atoms with E-state index in [0.717, 1.165) is 32.5 Å². The highest BCUT2D eigenvalue weighted by atomic mass is 35.5. The van der Waals surface area contributed by atoms with Gasteiger partial charge in [0.05, 0.1) is 10.7 Å². The lowest BCUT2D eigenvalue weighted by atomic mass is 9.98. The van der Waals surface area contributed by atoms with Crippen LogP contribution in [0.25, 0.3) is 0 Å². The quantitative estimate of drug-likeness (QED) is 0.896. The van der Waals surface area contributed by atoms with Crippen LogP contribution < -0.4 is 10.6 Å². The van der Waals surface area contributed by atoms with Crippen LogP contribution in [0.4, 0.5) is 10.5 Å². The Morgan fingerprint density at radius 2 is 2.10 bits per heavy atom. The second kappa shape index (κ2) is 7.50. The first-order valence-corrected chi connectivity index (χ1v) is 7.59. The molecule has 0 aliphatic carbocycles. The monoisotopic (exact) mass is 295 g/mol. The molecule has 1 aliphatic rings. The molecule has 1 aromatic rings. The van der Waals surface area contributed by atoms with E-state index in [9.17, 15) is 4.79 Å². The fraction of sp³-hybridized carbons (Fsp3) is 0.533. The van der Waals surface area contributed by atoms with Gasteiger partial charge in [-0.1, -0.05) is 23.7 Å². The number of nitrogens with zero attached hydrogens (tertiary/aromatic N) is 1. The lowest BCUT2D eigenvalue weighted by Gasteiger charge is -2.29. The third kappa shape index (κ3) is 4.12. The number of carbonyl (C=O) groups excluding carboxylic acids is 1. The lowest BCUT2D eigenvalue weighted by molar-refractivity contribution is 0.196. The zero-order valence-electron chi connectivity index (χ0n) is 11.9. The van der Waals surface area contributed by atoms with Crippen molar-refractivity contribution in [3.8, 4) is 0 Å². The highest BCUT2D eigenvalue weighted by Crippen LogP contribution is 2.21. The summed E-state index contributed by atoms with van der Waals surface area (Å²) in [6.07, 6.45) is 2.27. The molecule has 1 heterocycles. The van der Waals surface area contributed by atoms with Gasteiger partial charge in [-0.3, -0.25) is 0 Å². The second-order valence-electron chi connectivity index (χ2n) is 5.14. The lowest BCUT2D eigenvalue weighted by Crippen LogP contribution is -2.41. The molecule has 0 atom stereocenters. The van der Waals surface area contributed by atoms with E-state index in [1.165, 1.54) is 0 Å². The van der Waals surface area contributed by atoms with E-state index in [4.69, 9.17) is 11.6 Å². The maximum absolute atomic E-state index is 12.3. The highest BCUT2D eigenvalue weighted by Gasteiger charge is 2.20. The van der Waals surface area contributed by atoms with E-state index in [1.54, 1.807) is 6.07 Å². The smallest absolute Gasteiger partial charge is 0.321 e. The molecule has 0 saturated carbocycles. The molecule has 2 rings (SSSR count). The largest absolute Gasteiger partial charge is 0.325 e. The fourth-order valence-electron chi connectivity index (χ4n) is 2.49. The average Bonchev–Trinajstić information content (AvgIpc) is 2.48. The van der Waals surface area contributed by atoms with Gasteiger partial charge in [-0.2, -0.15) is 0 Å². The van der Waals surface area contributed by atoms with E-state index in [0.29, 0.717) is 23.2 Å². The predicted molar refractivity (Wildman–Crippen MR) is 83.3 cm³/mol. The number of carbonyl (C=O) groups is 1. The maximum atomic E-state index is 12.3. The molecule has 20 heavy (non-hydrogen) atoms. The number of hydrogen-bond acceptors (Lipinski definition) is 2. The van der Waals surface area contributed by atoms with Gasteiger partial charge in [0.1, 0.15) is 0 Å². The van der Waals surface area contributed by atoms with Gasteiger partial charge in [0.25, 0.3) is 0 Å². The molecule has 5 heteroatoms. The Balaban J connectivity index is 1.93. The highest BCUT2D eigenvalue weighted by molar-refractivity contribution is 6.33. The van der Waals surface area contributed by atoms with Gasteiger partial charge < -0.3 is 15.5 Å². The summed E-state index contributed by atoms with van der Waals surface area (Å²) < 4.78 is 0. The summed E-state index contributed by atoms with van der Waals surface area (Å²) in [5.74, 6) is 0.591. The van der Waals surface area contributed by atoms with Crippen molar-refractivity contribution >= 4 is 23.3 Å². The zero-order valence-corrected chi connectivity index (χ0v) is 12.6. The number of hydrogen-bond donors (Lipinski definition) is 2. The van der Waals surface area contributed by atoms with Crippen molar-refractivity contribution in [2.75, 3.05) is 31.5 Å². The van der Waals surface area contributed by atoms with Gasteiger partial charge >= 0.3 is 6.03 Å². The molecule has 0 aromatic heterocycles. The second-order valence-corrected chi connectivity index (χ2v) is 5.55. The summed E-state index contributed by atoms with van der Waals surface area (Å²) in [5, 5.41) is 6.80. The molecule has 0 spiro atoms. The van der Waals surface area contributed by atoms with Crippen molar-refractivity contribution < 1.29 is 4.79 Å². The molecule has 1 aliphatic heterocycles. The summed E-state index contributed by atoms with van der Waals surface area (Å²) in [6, 6.07) is 7.24. The van der Waals surface area contributed by atoms with E-state index in [1.807, 2.05) is 30.0 Å². The van der Waals surface area contributed by atoms with E-state index in [2.05, 4.69) is 10.6 Å². The summed E-state index contributed by atoms with van der Waals surface area (Å²) >= 11 is 6.07.